The molecule has 1 aliphatic heterocycles. The van der Waals surface area contributed by atoms with Gasteiger partial charge in [-0.2, -0.15) is 17.5 Å². The van der Waals surface area contributed by atoms with Gasteiger partial charge in [0.15, 0.2) is 0 Å². The van der Waals surface area contributed by atoms with E-state index in [2.05, 4.69) is 0 Å². The second-order valence-corrected chi connectivity index (χ2v) is 9.23. The van der Waals surface area contributed by atoms with Gasteiger partial charge in [0.2, 0.25) is 10.0 Å². The molecule has 25 heavy (non-hydrogen) atoms. The molecular formula is C13H15F4NO5S2. The van der Waals surface area contributed by atoms with Gasteiger partial charge >= 0.3 is 5.51 Å². The average Bonchev–Trinajstić information content (AvgIpc) is 2.53. The van der Waals surface area contributed by atoms with Crippen molar-refractivity contribution in [1.29, 1.82) is 0 Å². The normalized spacial score (nSPS) is 18.4. The molecule has 0 N–H and O–H groups in total. The zero-order chi connectivity index (χ0) is 19.0. The van der Waals surface area contributed by atoms with Crippen LogP contribution in [0, 0.1) is 5.82 Å². The van der Waals surface area contributed by atoms with Crippen LogP contribution in [0.15, 0.2) is 28.0 Å². The summed E-state index contributed by atoms with van der Waals surface area (Å²) in [6.45, 7) is 0.110. The van der Waals surface area contributed by atoms with E-state index >= 15 is 0 Å². The fourth-order valence-electron chi connectivity index (χ4n) is 2.43. The first-order valence-corrected chi connectivity index (χ1v) is 9.97. The standard InChI is InChI=1S/C13H15F4NO5S2/c1-23-9-4-6-18(7-5-9)25(21,22)10-2-3-11(14)12(8-10)24(19,20)13(15,16)17/h2-3,8-9H,4-7H2,1H3. The van der Waals surface area contributed by atoms with Crippen LogP contribution in [0.4, 0.5) is 17.6 Å². The molecular weight excluding hydrogens is 390 g/mol. The Morgan fingerprint density at radius 2 is 1.68 bits per heavy atom. The number of alkyl halides is 3. The first kappa shape index (κ1) is 20.1. The molecule has 1 fully saturated rings. The lowest BCUT2D eigenvalue weighted by Crippen LogP contribution is -2.40. The van der Waals surface area contributed by atoms with Gasteiger partial charge in [0.05, 0.1) is 11.0 Å². The SMILES string of the molecule is COC1CCN(S(=O)(=O)c2ccc(F)c(S(=O)(=O)C(F)(F)F)c2)CC1. The topological polar surface area (TPSA) is 80.8 Å². The molecule has 1 aromatic carbocycles. The molecule has 1 aromatic rings. The summed E-state index contributed by atoms with van der Waals surface area (Å²) in [5, 5.41) is 0. The monoisotopic (exact) mass is 405 g/mol. The number of sulfonamides is 1. The van der Waals surface area contributed by atoms with Crippen molar-refractivity contribution in [2.24, 2.45) is 0 Å². The van der Waals surface area contributed by atoms with Crippen molar-refractivity contribution in [2.75, 3.05) is 20.2 Å². The minimum Gasteiger partial charge on any atom is -0.381 e. The van der Waals surface area contributed by atoms with Crippen LogP contribution in [0.2, 0.25) is 0 Å². The fourth-order valence-corrected chi connectivity index (χ4v) is 4.86. The number of hydrogen-bond donors (Lipinski definition) is 0. The smallest absolute Gasteiger partial charge is 0.381 e. The predicted octanol–water partition coefficient (Wildman–Crippen LogP) is 1.92. The molecule has 0 aliphatic carbocycles. The third-order valence-corrected chi connectivity index (χ3v) is 7.26. The van der Waals surface area contributed by atoms with Crippen molar-refractivity contribution in [3.8, 4) is 0 Å². The number of ether oxygens (including phenoxy) is 1. The van der Waals surface area contributed by atoms with Gasteiger partial charge in [0.25, 0.3) is 9.84 Å². The minimum atomic E-state index is -6.01. The van der Waals surface area contributed by atoms with Crippen LogP contribution in [-0.4, -0.2) is 53.0 Å². The van der Waals surface area contributed by atoms with Gasteiger partial charge in [0, 0.05) is 20.2 Å². The third-order valence-electron chi connectivity index (χ3n) is 3.87. The van der Waals surface area contributed by atoms with Gasteiger partial charge in [-0.05, 0) is 31.0 Å². The van der Waals surface area contributed by atoms with Gasteiger partial charge in [-0.15, -0.1) is 0 Å². The number of methoxy groups -OCH3 is 1. The lowest BCUT2D eigenvalue weighted by Gasteiger charge is -2.30. The zero-order valence-electron chi connectivity index (χ0n) is 13.0. The lowest BCUT2D eigenvalue weighted by atomic mass is 10.1. The molecule has 0 bridgehead atoms. The summed E-state index contributed by atoms with van der Waals surface area (Å²) in [6, 6.07) is 1.34. The third kappa shape index (κ3) is 3.81. The number of nitrogens with zero attached hydrogens (tertiary/aromatic N) is 1. The van der Waals surface area contributed by atoms with Gasteiger partial charge in [-0.1, -0.05) is 0 Å². The average molecular weight is 405 g/mol. The predicted molar refractivity (Wildman–Crippen MR) is 78.4 cm³/mol. The van der Waals surface area contributed by atoms with Crippen molar-refractivity contribution >= 4 is 19.9 Å². The van der Waals surface area contributed by atoms with Gasteiger partial charge < -0.3 is 4.74 Å². The van der Waals surface area contributed by atoms with Gasteiger partial charge in [-0.25, -0.2) is 21.2 Å². The van der Waals surface area contributed by atoms with Crippen molar-refractivity contribution < 1.29 is 39.1 Å². The van der Waals surface area contributed by atoms with Crippen LogP contribution >= 0.6 is 0 Å². The first-order valence-electron chi connectivity index (χ1n) is 7.05. The molecule has 142 valence electrons. The molecule has 0 spiro atoms. The number of sulfone groups is 1. The number of hydrogen-bond acceptors (Lipinski definition) is 5. The van der Waals surface area contributed by atoms with Crippen molar-refractivity contribution in [1.82, 2.24) is 4.31 Å². The molecule has 0 saturated carbocycles. The maximum atomic E-state index is 13.6. The Morgan fingerprint density at radius 3 is 2.16 bits per heavy atom. The second kappa shape index (κ2) is 6.82. The fraction of sp³-hybridized carbons (Fsp3) is 0.538. The second-order valence-electron chi connectivity index (χ2n) is 5.38. The van der Waals surface area contributed by atoms with Crippen molar-refractivity contribution in [3.05, 3.63) is 24.0 Å². The summed E-state index contributed by atoms with van der Waals surface area (Å²) >= 11 is 0. The van der Waals surface area contributed by atoms with Gasteiger partial charge in [0.1, 0.15) is 10.7 Å². The molecule has 12 heteroatoms. The molecule has 1 saturated heterocycles. The highest BCUT2D eigenvalue weighted by Crippen LogP contribution is 2.33. The quantitative estimate of drug-likeness (QED) is 0.715. The Labute approximate surface area is 142 Å². The highest BCUT2D eigenvalue weighted by Gasteiger charge is 2.48. The van der Waals surface area contributed by atoms with Crippen LogP contribution in [-0.2, 0) is 24.6 Å². The summed E-state index contributed by atoms with van der Waals surface area (Å²) in [7, 11) is -8.80. The maximum absolute atomic E-state index is 13.6. The van der Waals surface area contributed by atoms with E-state index in [1.165, 1.54) is 7.11 Å². The molecule has 0 radical (unpaired) electrons. The molecule has 1 aliphatic rings. The van der Waals surface area contributed by atoms with E-state index in [-0.39, 0.29) is 25.3 Å². The molecule has 2 rings (SSSR count). The van der Waals surface area contributed by atoms with E-state index in [0.29, 0.717) is 18.9 Å². The summed E-state index contributed by atoms with van der Waals surface area (Å²) in [5.74, 6) is -1.67. The number of halogens is 4. The highest BCUT2D eigenvalue weighted by atomic mass is 32.2. The summed E-state index contributed by atoms with van der Waals surface area (Å²) < 4.78 is 105. The summed E-state index contributed by atoms with van der Waals surface area (Å²) in [5.41, 5.74) is -5.74. The van der Waals surface area contributed by atoms with Crippen LogP contribution in [0.1, 0.15) is 12.8 Å². The van der Waals surface area contributed by atoms with E-state index in [1.807, 2.05) is 0 Å². The lowest BCUT2D eigenvalue weighted by molar-refractivity contribution is -0.0437. The molecule has 0 atom stereocenters. The molecule has 6 nitrogen and oxygen atoms in total. The van der Waals surface area contributed by atoms with Crippen LogP contribution in [0.5, 0.6) is 0 Å². The maximum Gasteiger partial charge on any atom is 0.502 e. The summed E-state index contributed by atoms with van der Waals surface area (Å²) in [4.78, 5) is -2.43. The van der Waals surface area contributed by atoms with Crippen LogP contribution in [0.25, 0.3) is 0 Å². The van der Waals surface area contributed by atoms with E-state index in [4.69, 9.17) is 4.74 Å². The molecule has 0 aromatic heterocycles. The van der Waals surface area contributed by atoms with Crippen LogP contribution < -0.4 is 0 Å². The highest BCUT2D eigenvalue weighted by molar-refractivity contribution is 7.92. The van der Waals surface area contributed by atoms with E-state index < -0.39 is 41.0 Å². The number of benzene rings is 1. The Hall–Kier alpha value is -1.24. The first-order chi connectivity index (χ1) is 11.4. The molecule has 0 unspecified atom stereocenters. The summed E-state index contributed by atoms with van der Waals surface area (Å²) in [6.07, 6.45) is 0.621. The minimum absolute atomic E-state index is 0.0551. The van der Waals surface area contributed by atoms with E-state index in [1.54, 1.807) is 0 Å². The number of piperidine rings is 1. The zero-order valence-corrected chi connectivity index (χ0v) is 14.6. The molecule has 0 amide bonds. The van der Waals surface area contributed by atoms with Crippen molar-refractivity contribution in [2.45, 2.75) is 34.2 Å². The molecule has 1 heterocycles. The number of rotatable bonds is 4. The Kier molecular flexibility index (Phi) is 5.47. The Bertz CT molecular complexity index is 844. The Balaban J connectivity index is 2.43. The van der Waals surface area contributed by atoms with E-state index in [0.717, 1.165) is 10.4 Å². The largest absolute Gasteiger partial charge is 0.502 e. The Morgan fingerprint density at radius 1 is 1.12 bits per heavy atom. The van der Waals surface area contributed by atoms with Crippen LogP contribution in [0.3, 0.4) is 0 Å². The van der Waals surface area contributed by atoms with Gasteiger partial charge in [-0.3, -0.25) is 0 Å². The van der Waals surface area contributed by atoms with E-state index in [9.17, 15) is 34.4 Å². The van der Waals surface area contributed by atoms with Crippen molar-refractivity contribution in [3.63, 3.8) is 0 Å².